The molecule has 0 unspecified atom stereocenters. The van der Waals surface area contributed by atoms with Gasteiger partial charge < -0.3 is 49.0 Å². The molecule has 0 aromatic heterocycles. The molecule has 0 radical (unpaired) electrons. The van der Waals surface area contributed by atoms with Crippen molar-refractivity contribution in [3.63, 3.8) is 0 Å². The molecule has 2 aromatic rings. The number of hydrogen-bond acceptors (Lipinski definition) is 12. The van der Waals surface area contributed by atoms with Crippen LogP contribution < -0.4 is 14.2 Å². The van der Waals surface area contributed by atoms with E-state index in [1.165, 1.54) is 39.3 Å². The zero-order chi connectivity index (χ0) is 50.4. The molecule has 4 aliphatic rings. The fourth-order valence-corrected chi connectivity index (χ4v) is 9.77. The molecule has 16 nitrogen and oxygen atoms in total. The lowest BCUT2D eigenvalue weighted by molar-refractivity contribution is -0.141. The van der Waals surface area contributed by atoms with Gasteiger partial charge in [0.25, 0.3) is 18.3 Å². The topological polar surface area (TPSA) is 222 Å². The van der Waals surface area contributed by atoms with Crippen LogP contribution in [0.15, 0.2) is 58.7 Å². The predicted octanol–water partition coefficient (Wildman–Crippen LogP) is 8.78. The highest BCUT2D eigenvalue weighted by molar-refractivity contribution is 7.46. The molecule has 0 fully saturated rings. The molecule has 5 atom stereocenters. The first-order valence-corrected chi connectivity index (χ1v) is 25.5. The van der Waals surface area contributed by atoms with Gasteiger partial charge in [-0.25, -0.2) is 9.09 Å². The number of aromatic hydroxyl groups is 1. The summed E-state index contributed by atoms with van der Waals surface area (Å²) >= 11 is 0. The van der Waals surface area contributed by atoms with E-state index in [9.17, 15) is 44.1 Å². The SMILES string of the molecule is CC(C)=CCC/C(C)=C/CC[C@@]1(C)Oc2c(c(O)cc3c2CN([C@@H](CCCN2Cc4c(cc(OCOP(=O)(O)O)c5c4O[C@](C)(CC/C=C(\C)CCC=C(C)C)[C@@H](O)C5)C2=O)OC=O)C3=O)C[C@@H]1O. The van der Waals surface area contributed by atoms with Gasteiger partial charge in [0.05, 0.1) is 36.4 Å². The summed E-state index contributed by atoms with van der Waals surface area (Å²) in [7, 11) is -4.89. The van der Waals surface area contributed by atoms with E-state index >= 15 is 0 Å². The van der Waals surface area contributed by atoms with E-state index in [2.05, 4.69) is 70.4 Å². The molecule has 0 saturated heterocycles. The van der Waals surface area contributed by atoms with Gasteiger partial charge in [-0.1, -0.05) is 46.6 Å². The number of aliphatic hydroxyl groups excluding tert-OH is 2. The second-order valence-corrected chi connectivity index (χ2v) is 21.1. The number of amides is 2. The number of phenols is 1. The fraction of sp³-hybridized carbons (Fsp3) is 0.558. The van der Waals surface area contributed by atoms with Crippen molar-refractivity contribution < 1.29 is 67.5 Å². The molecule has 4 aliphatic heterocycles. The first-order chi connectivity index (χ1) is 32.5. The molecule has 6 rings (SSSR count). The molecule has 0 aliphatic carbocycles. The third-order valence-electron chi connectivity index (χ3n) is 13.8. The summed E-state index contributed by atoms with van der Waals surface area (Å²) < 4.78 is 40.5. The Balaban J connectivity index is 1.16. The largest absolute Gasteiger partial charge is 0.508 e. The first-order valence-electron chi connectivity index (χ1n) is 23.9. The third kappa shape index (κ3) is 12.9. The Morgan fingerprint density at radius 3 is 1.87 bits per heavy atom. The van der Waals surface area contributed by atoms with E-state index in [1.54, 1.807) is 4.90 Å². The summed E-state index contributed by atoms with van der Waals surface area (Å²) in [4.78, 5) is 61.7. The third-order valence-corrected chi connectivity index (χ3v) is 14.2. The standard InChI is InChI=1S/C52H71N2O14P/c1-32(2)14-9-16-34(5)18-11-21-51(7)44(57)26-38-42(56)24-36-41(47(38)67-51)29-54(50(36)60)46(64-30-55)20-13-23-53-28-40-37(49(53)59)25-43(65-31-66-69(61,62)63)39-27-45(58)52(8,68-48(39)40)22-12-19-35(6)17-10-15-33(3)4/h14-15,18-19,24-25,30,44-46,56-58H,9-13,16-17,20-23,26-29,31H2,1-8H3,(H2,61,62,63)/b34-18+,35-19+/t44-,45-,46+,51+,52+/m0/s1. The minimum absolute atomic E-state index is 0.0206. The summed E-state index contributed by atoms with van der Waals surface area (Å²) in [6.45, 7) is 15.9. The molecule has 2 amide bonds. The van der Waals surface area contributed by atoms with E-state index in [-0.39, 0.29) is 73.9 Å². The van der Waals surface area contributed by atoms with Gasteiger partial charge in [0.2, 0.25) is 0 Å². The Kier molecular flexibility index (Phi) is 17.3. The minimum atomic E-state index is -4.89. The Labute approximate surface area is 405 Å². The highest BCUT2D eigenvalue weighted by Crippen LogP contribution is 2.49. The second kappa shape index (κ2) is 22.4. The molecule has 17 heteroatoms. The fourth-order valence-electron chi connectivity index (χ4n) is 9.58. The van der Waals surface area contributed by atoms with Crippen LogP contribution in [0.3, 0.4) is 0 Å². The van der Waals surface area contributed by atoms with Crippen molar-refractivity contribution in [3.8, 4) is 23.0 Å². The lowest BCUT2D eigenvalue weighted by atomic mass is 9.84. The molecule has 0 spiro atoms. The van der Waals surface area contributed by atoms with Gasteiger partial charge in [-0.2, -0.15) is 0 Å². The number of fused-ring (bicyclic) bond motifs is 6. The number of aliphatic hydroxyl groups is 2. The maximum absolute atomic E-state index is 14.1. The molecular weight excluding hydrogens is 908 g/mol. The highest BCUT2D eigenvalue weighted by atomic mass is 31.2. The van der Waals surface area contributed by atoms with Crippen molar-refractivity contribution in [1.82, 2.24) is 9.80 Å². The van der Waals surface area contributed by atoms with Gasteiger partial charge in [0.15, 0.2) is 13.0 Å². The van der Waals surface area contributed by atoms with Crippen LogP contribution in [0.5, 0.6) is 23.0 Å². The van der Waals surface area contributed by atoms with Gasteiger partial charge in [-0.15, -0.1) is 0 Å². The van der Waals surface area contributed by atoms with E-state index in [4.69, 9.17) is 18.9 Å². The van der Waals surface area contributed by atoms with Crippen LogP contribution in [0.25, 0.3) is 0 Å². The van der Waals surface area contributed by atoms with Gasteiger partial charge in [-0.3, -0.25) is 19.3 Å². The molecular formula is C52H71N2O14P. The van der Waals surface area contributed by atoms with Crippen molar-refractivity contribution >= 4 is 26.1 Å². The van der Waals surface area contributed by atoms with Gasteiger partial charge in [-0.05, 0) is 125 Å². The predicted molar refractivity (Wildman–Crippen MR) is 259 cm³/mol. The molecule has 0 bridgehead atoms. The Hall–Kier alpha value is -4.96. The van der Waals surface area contributed by atoms with E-state index < -0.39 is 50.2 Å². The highest BCUT2D eigenvalue weighted by Gasteiger charge is 2.47. The van der Waals surface area contributed by atoms with E-state index in [1.807, 2.05) is 13.8 Å². The Morgan fingerprint density at radius 1 is 0.783 bits per heavy atom. The number of phosphoric acid groups is 1. The van der Waals surface area contributed by atoms with Crippen molar-refractivity contribution in [2.75, 3.05) is 13.3 Å². The number of rotatable bonds is 23. The molecule has 5 N–H and O–H groups in total. The molecule has 69 heavy (non-hydrogen) atoms. The average Bonchev–Trinajstić information content (AvgIpc) is 3.76. The van der Waals surface area contributed by atoms with Crippen molar-refractivity contribution in [3.05, 3.63) is 92.1 Å². The lowest BCUT2D eigenvalue weighted by Crippen LogP contribution is -2.49. The van der Waals surface area contributed by atoms with E-state index in [0.717, 1.165) is 25.7 Å². The average molecular weight is 979 g/mol. The number of phosphoric ester groups is 1. The Bertz CT molecular complexity index is 2430. The van der Waals surface area contributed by atoms with Crippen LogP contribution in [0.1, 0.15) is 163 Å². The molecule has 4 heterocycles. The number of carbonyl (C=O) groups excluding carboxylic acids is 3. The number of carbonyl (C=O) groups is 3. The summed E-state index contributed by atoms with van der Waals surface area (Å²) in [6.07, 6.45) is 12.4. The van der Waals surface area contributed by atoms with Crippen molar-refractivity contribution in [1.29, 1.82) is 0 Å². The van der Waals surface area contributed by atoms with E-state index in [0.29, 0.717) is 65.9 Å². The first kappa shape index (κ1) is 53.4. The smallest absolute Gasteiger partial charge is 0.472 e. The van der Waals surface area contributed by atoms with Crippen molar-refractivity contribution in [2.24, 2.45) is 0 Å². The number of phenolic OH excluding ortho intramolecular Hbond substituents is 1. The van der Waals surface area contributed by atoms with Crippen LogP contribution in [-0.4, -0.2) is 96.2 Å². The second-order valence-electron chi connectivity index (χ2n) is 19.9. The van der Waals surface area contributed by atoms with Gasteiger partial charge in [0.1, 0.15) is 34.2 Å². The number of ether oxygens (including phenoxy) is 4. The number of hydrogen-bond donors (Lipinski definition) is 5. The normalized spacial score (nSPS) is 22.5. The zero-order valence-corrected chi connectivity index (χ0v) is 42.2. The monoisotopic (exact) mass is 978 g/mol. The summed E-state index contributed by atoms with van der Waals surface area (Å²) in [5, 5.41) is 33.9. The van der Waals surface area contributed by atoms with Crippen LogP contribution in [-0.2, 0) is 44.6 Å². The zero-order valence-electron chi connectivity index (χ0n) is 41.3. The van der Waals surface area contributed by atoms with Crippen LogP contribution in [0, 0.1) is 0 Å². The molecule has 2 aromatic carbocycles. The van der Waals surface area contributed by atoms with Crippen LogP contribution in [0.4, 0.5) is 0 Å². The summed E-state index contributed by atoms with van der Waals surface area (Å²) in [5.41, 5.74) is 5.34. The molecule has 0 saturated carbocycles. The summed E-state index contributed by atoms with van der Waals surface area (Å²) in [6, 6.07) is 2.85. The van der Waals surface area contributed by atoms with Crippen molar-refractivity contribution in [2.45, 2.75) is 175 Å². The van der Waals surface area contributed by atoms with Gasteiger partial charge in [0, 0.05) is 48.1 Å². The quantitative estimate of drug-likeness (QED) is 0.0304. The maximum Gasteiger partial charge on any atom is 0.472 e. The molecule has 378 valence electrons. The summed E-state index contributed by atoms with van der Waals surface area (Å²) in [5.74, 6) is -0.221. The maximum atomic E-state index is 14.1. The van der Waals surface area contributed by atoms with Gasteiger partial charge >= 0.3 is 7.82 Å². The number of nitrogens with zero attached hydrogens (tertiary/aromatic N) is 2. The Morgan fingerprint density at radius 2 is 1.32 bits per heavy atom. The lowest BCUT2D eigenvalue weighted by Gasteiger charge is -2.41. The van der Waals surface area contributed by atoms with Crippen LogP contribution >= 0.6 is 7.82 Å². The minimum Gasteiger partial charge on any atom is -0.508 e. The number of benzene rings is 2. The number of allylic oxidation sites excluding steroid dienone is 8. The van der Waals surface area contributed by atoms with Crippen LogP contribution in [0.2, 0.25) is 0 Å².